The molecule has 0 unspecified atom stereocenters. The van der Waals surface area contributed by atoms with Gasteiger partial charge in [-0.15, -0.1) is 0 Å². The molecule has 13 heavy (non-hydrogen) atoms. The average molecular weight is 176 g/mol. The zero-order valence-electron chi connectivity index (χ0n) is 8.12. The van der Waals surface area contributed by atoms with Crippen LogP contribution >= 0.6 is 0 Å². The molecule has 0 saturated carbocycles. The number of aryl methyl sites for hydroxylation is 1. The van der Waals surface area contributed by atoms with Gasteiger partial charge in [0.05, 0.1) is 0 Å². The number of rotatable bonds is 1. The molecular weight excluding hydrogens is 160 g/mol. The Balaban J connectivity index is 2.10. The van der Waals surface area contributed by atoms with E-state index in [2.05, 4.69) is 31.2 Å². The van der Waals surface area contributed by atoms with E-state index < -0.39 is 0 Å². The van der Waals surface area contributed by atoms with Crippen molar-refractivity contribution in [3.63, 3.8) is 0 Å². The van der Waals surface area contributed by atoms with Gasteiger partial charge in [-0.2, -0.15) is 0 Å². The maximum absolute atomic E-state index is 5.34. The first-order chi connectivity index (χ1) is 6.36. The number of hydrogen-bond donors (Lipinski definition) is 0. The molecule has 1 heteroatoms. The summed E-state index contributed by atoms with van der Waals surface area (Å²) in [6, 6.07) is 8.91. The molecule has 0 aromatic heterocycles. The van der Waals surface area contributed by atoms with Gasteiger partial charge in [0.25, 0.3) is 0 Å². The fourth-order valence-corrected chi connectivity index (χ4v) is 1.87. The van der Waals surface area contributed by atoms with Crippen LogP contribution in [-0.2, 0) is 4.74 Å². The lowest BCUT2D eigenvalue weighted by Crippen LogP contribution is -2.13. The summed E-state index contributed by atoms with van der Waals surface area (Å²) in [6.45, 7) is 3.99. The van der Waals surface area contributed by atoms with Crippen LogP contribution in [-0.4, -0.2) is 13.2 Å². The maximum Gasteiger partial charge on any atom is 0.0471 e. The van der Waals surface area contributed by atoms with Gasteiger partial charge in [0.15, 0.2) is 0 Å². The van der Waals surface area contributed by atoms with Crippen molar-refractivity contribution in [1.82, 2.24) is 0 Å². The minimum Gasteiger partial charge on any atom is -0.381 e. The molecular formula is C12H16O. The second-order valence-corrected chi connectivity index (χ2v) is 3.80. The third-order valence-electron chi connectivity index (χ3n) is 2.77. The first kappa shape index (κ1) is 8.76. The summed E-state index contributed by atoms with van der Waals surface area (Å²) in [5.74, 6) is 0.731. The molecule has 1 nitrogen and oxygen atoms in total. The summed E-state index contributed by atoms with van der Waals surface area (Å²) >= 11 is 0. The van der Waals surface area contributed by atoms with Crippen LogP contribution in [0.25, 0.3) is 0 Å². The Morgan fingerprint density at radius 2 is 1.69 bits per heavy atom. The van der Waals surface area contributed by atoms with Gasteiger partial charge in [0, 0.05) is 13.2 Å². The first-order valence-corrected chi connectivity index (χ1v) is 5.00. The summed E-state index contributed by atoms with van der Waals surface area (Å²) in [7, 11) is 0. The van der Waals surface area contributed by atoms with Crippen molar-refractivity contribution in [1.29, 1.82) is 0 Å². The summed E-state index contributed by atoms with van der Waals surface area (Å²) in [6.07, 6.45) is 2.37. The zero-order chi connectivity index (χ0) is 9.10. The molecule has 1 saturated heterocycles. The molecule has 1 aliphatic heterocycles. The molecule has 0 amide bonds. The molecule has 70 valence electrons. The van der Waals surface area contributed by atoms with Gasteiger partial charge < -0.3 is 4.74 Å². The lowest BCUT2D eigenvalue weighted by atomic mass is 9.91. The fourth-order valence-electron chi connectivity index (χ4n) is 1.87. The van der Waals surface area contributed by atoms with Crippen LogP contribution in [0.15, 0.2) is 24.3 Å². The van der Waals surface area contributed by atoms with Gasteiger partial charge in [-0.05, 0) is 31.2 Å². The van der Waals surface area contributed by atoms with Crippen LogP contribution in [0.2, 0.25) is 0 Å². The molecule has 1 heterocycles. The number of ether oxygens (including phenoxy) is 1. The van der Waals surface area contributed by atoms with Crippen molar-refractivity contribution in [3.05, 3.63) is 35.4 Å². The van der Waals surface area contributed by atoms with Gasteiger partial charge in [-0.3, -0.25) is 0 Å². The van der Waals surface area contributed by atoms with Crippen molar-refractivity contribution < 1.29 is 4.74 Å². The van der Waals surface area contributed by atoms with Crippen molar-refractivity contribution in [2.45, 2.75) is 25.7 Å². The summed E-state index contributed by atoms with van der Waals surface area (Å²) < 4.78 is 5.34. The minimum atomic E-state index is 0.731. The zero-order valence-corrected chi connectivity index (χ0v) is 8.12. The minimum absolute atomic E-state index is 0.731. The molecule has 0 aliphatic carbocycles. The topological polar surface area (TPSA) is 9.23 Å². The highest BCUT2D eigenvalue weighted by molar-refractivity contribution is 5.24. The van der Waals surface area contributed by atoms with Gasteiger partial charge in [-0.1, -0.05) is 29.8 Å². The number of hydrogen-bond acceptors (Lipinski definition) is 1. The predicted octanol–water partition coefficient (Wildman–Crippen LogP) is 2.89. The Morgan fingerprint density at radius 3 is 2.31 bits per heavy atom. The maximum atomic E-state index is 5.34. The Hall–Kier alpha value is -0.820. The van der Waals surface area contributed by atoms with Crippen molar-refractivity contribution in [2.75, 3.05) is 13.2 Å². The summed E-state index contributed by atoms with van der Waals surface area (Å²) in [5.41, 5.74) is 2.82. The molecule has 0 bridgehead atoms. The second kappa shape index (κ2) is 3.93. The van der Waals surface area contributed by atoms with Crippen LogP contribution < -0.4 is 0 Å². The lowest BCUT2D eigenvalue weighted by Gasteiger charge is -2.22. The molecule has 0 spiro atoms. The van der Waals surface area contributed by atoms with E-state index in [1.807, 2.05) is 0 Å². The van der Waals surface area contributed by atoms with E-state index in [9.17, 15) is 0 Å². The van der Waals surface area contributed by atoms with Crippen molar-refractivity contribution in [3.8, 4) is 0 Å². The lowest BCUT2D eigenvalue weighted by molar-refractivity contribution is 0.0853. The molecule has 0 N–H and O–H groups in total. The van der Waals surface area contributed by atoms with Crippen molar-refractivity contribution >= 4 is 0 Å². The monoisotopic (exact) mass is 176 g/mol. The molecule has 1 fully saturated rings. The highest BCUT2D eigenvalue weighted by Crippen LogP contribution is 2.26. The van der Waals surface area contributed by atoms with Crippen LogP contribution in [0.1, 0.15) is 29.9 Å². The molecule has 1 aliphatic rings. The second-order valence-electron chi connectivity index (χ2n) is 3.80. The SMILES string of the molecule is Cc1ccc(C2CCOCC2)cc1. The summed E-state index contributed by atoms with van der Waals surface area (Å²) in [5, 5.41) is 0. The van der Waals surface area contributed by atoms with Crippen LogP contribution in [0.5, 0.6) is 0 Å². The Kier molecular flexibility index (Phi) is 2.65. The molecule has 2 rings (SSSR count). The number of benzene rings is 1. The van der Waals surface area contributed by atoms with E-state index in [1.165, 1.54) is 24.0 Å². The third kappa shape index (κ3) is 2.10. The van der Waals surface area contributed by atoms with E-state index >= 15 is 0 Å². The molecule has 1 aromatic carbocycles. The Labute approximate surface area is 79.7 Å². The highest BCUT2D eigenvalue weighted by Gasteiger charge is 2.14. The van der Waals surface area contributed by atoms with Crippen LogP contribution in [0, 0.1) is 6.92 Å². The quantitative estimate of drug-likeness (QED) is 0.639. The van der Waals surface area contributed by atoms with E-state index in [0.29, 0.717) is 0 Å². The smallest absolute Gasteiger partial charge is 0.0471 e. The molecule has 1 aromatic rings. The van der Waals surface area contributed by atoms with Crippen molar-refractivity contribution in [2.24, 2.45) is 0 Å². The van der Waals surface area contributed by atoms with Gasteiger partial charge in [0.2, 0.25) is 0 Å². The van der Waals surface area contributed by atoms with Crippen LogP contribution in [0.4, 0.5) is 0 Å². The normalized spacial score (nSPS) is 18.8. The Morgan fingerprint density at radius 1 is 1.08 bits per heavy atom. The third-order valence-corrected chi connectivity index (χ3v) is 2.77. The van der Waals surface area contributed by atoms with E-state index in [1.54, 1.807) is 0 Å². The first-order valence-electron chi connectivity index (χ1n) is 5.00. The predicted molar refractivity (Wildman–Crippen MR) is 54.0 cm³/mol. The standard InChI is InChI=1S/C12H16O/c1-10-2-4-11(5-3-10)12-6-8-13-9-7-12/h2-5,12H,6-9H2,1H3. The van der Waals surface area contributed by atoms with Gasteiger partial charge >= 0.3 is 0 Å². The van der Waals surface area contributed by atoms with E-state index in [0.717, 1.165) is 19.1 Å². The van der Waals surface area contributed by atoms with E-state index in [4.69, 9.17) is 4.74 Å². The average Bonchev–Trinajstić information content (AvgIpc) is 2.20. The highest BCUT2D eigenvalue weighted by atomic mass is 16.5. The Bertz CT molecular complexity index is 257. The fraction of sp³-hybridized carbons (Fsp3) is 0.500. The van der Waals surface area contributed by atoms with Gasteiger partial charge in [-0.25, -0.2) is 0 Å². The summed E-state index contributed by atoms with van der Waals surface area (Å²) in [4.78, 5) is 0. The molecule has 0 radical (unpaired) electrons. The van der Waals surface area contributed by atoms with E-state index in [-0.39, 0.29) is 0 Å². The van der Waals surface area contributed by atoms with Crippen LogP contribution in [0.3, 0.4) is 0 Å². The molecule has 0 atom stereocenters. The van der Waals surface area contributed by atoms with Gasteiger partial charge in [0.1, 0.15) is 0 Å². The largest absolute Gasteiger partial charge is 0.381 e.